The number of aliphatic hydroxyl groups is 1. The summed E-state index contributed by atoms with van der Waals surface area (Å²) < 4.78 is 0. The maximum Gasteiger partial charge on any atom is 0.257 e. The predicted molar refractivity (Wildman–Crippen MR) is 82.4 cm³/mol. The molecule has 1 aromatic heterocycles. The first-order valence-corrected chi connectivity index (χ1v) is 7.30. The topological polar surface area (TPSA) is 75.1 Å². The van der Waals surface area contributed by atoms with Crippen molar-refractivity contribution >= 4 is 22.4 Å². The monoisotopic (exact) mass is 301 g/mol. The van der Waals surface area contributed by atoms with Crippen LogP contribution in [-0.2, 0) is 6.42 Å². The summed E-state index contributed by atoms with van der Waals surface area (Å²) in [7, 11) is 0. The first kappa shape index (κ1) is 15.2. The van der Waals surface area contributed by atoms with Gasteiger partial charge in [-0.25, -0.2) is 0 Å². The summed E-state index contributed by atoms with van der Waals surface area (Å²) in [5.41, 5.74) is 2.03. The van der Waals surface area contributed by atoms with Crippen molar-refractivity contribution in [1.82, 2.24) is 10.2 Å². The molecule has 108 valence electrons. The second-order valence-electron chi connectivity index (χ2n) is 4.25. The van der Waals surface area contributed by atoms with E-state index in [1.54, 1.807) is 12.1 Å². The molecular formula is C15H15N3O2S. The summed E-state index contributed by atoms with van der Waals surface area (Å²) in [6.45, 7) is 3.61. The number of rotatable bonds is 3. The molecule has 0 aliphatic carbocycles. The molecule has 0 radical (unpaired) electrons. The van der Waals surface area contributed by atoms with E-state index in [4.69, 9.17) is 5.11 Å². The molecule has 0 bridgehead atoms. The minimum Gasteiger partial charge on any atom is -0.384 e. The van der Waals surface area contributed by atoms with Crippen molar-refractivity contribution in [1.29, 1.82) is 0 Å². The highest BCUT2D eigenvalue weighted by Crippen LogP contribution is 2.18. The van der Waals surface area contributed by atoms with Crippen molar-refractivity contribution in [3.8, 4) is 11.8 Å². The fraction of sp³-hybridized carbons (Fsp3) is 0.267. The zero-order valence-electron chi connectivity index (χ0n) is 11.8. The Morgan fingerprint density at radius 2 is 2.24 bits per heavy atom. The maximum absolute atomic E-state index is 12.3. The van der Waals surface area contributed by atoms with E-state index in [1.165, 1.54) is 11.3 Å². The van der Waals surface area contributed by atoms with Gasteiger partial charge in [0.2, 0.25) is 5.13 Å². The molecule has 2 rings (SSSR count). The summed E-state index contributed by atoms with van der Waals surface area (Å²) in [5, 5.41) is 20.8. The van der Waals surface area contributed by atoms with Crippen molar-refractivity contribution in [2.45, 2.75) is 20.3 Å². The Morgan fingerprint density at radius 3 is 2.90 bits per heavy atom. The van der Waals surface area contributed by atoms with Crippen LogP contribution in [0.15, 0.2) is 18.2 Å². The van der Waals surface area contributed by atoms with Crippen LogP contribution in [0.1, 0.15) is 33.4 Å². The van der Waals surface area contributed by atoms with E-state index in [0.717, 1.165) is 22.6 Å². The number of carbonyl (C=O) groups excluding carboxylic acids is 1. The SMILES string of the molecule is CCc1nnc(NC(=O)c2cccc(C#CCO)c2C)s1. The second-order valence-corrected chi connectivity index (χ2v) is 5.31. The summed E-state index contributed by atoms with van der Waals surface area (Å²) >= 11 is 1.36. The van der Waals surface area contributed by atoms with Crippen LogP contribution < -0.4 is 5.32 Å². The molecule has 0 atom stereocenters. The molecule has 0 saturated carbocycles. The molecule has 5 nitrogen and oxygen atoms in total. The third kappa shape index (κ3) is 3.66. The zero-order chi connectivity index (χ0) is 15.2. The number of aryl methyl sites for hydroxylation is 1. The Hall–Kier alpha value is -2.23. The van der Waals surface area contributed by atoms with Crippen LogP contribution in [0.2, 0.25) is 0 Å². The highest BCUT2D eigenvalue weighted by atomic mass is 32.1. The lowest BCUT2D eigenvalue weighted by Gasteiger charge is -2.06. The van der Waals surface area contributed by atoms with Crippen molar-refractivity contribution in [2.24, 2.45) is 0 Å². The average molecular weight is 301 g/mol. The number of hydrogen-bond acceptors (Lipinski definition) is 5. The van der Waals surface area contributed by atoms with Crippen LogP contribution in [-0.4, -0.2) is 27.8 Å². The predicted octanol–water partition coefficient (Wildman–Crippen LogP) is 2.01. The normalized spacial score (nSPS) is 9.86. The Morgan fingerprint density at radius 1 is 1.43 bits per heavy atom. The molecule has 2 aromatic rings. The van der Waals surface area contributed by atoms with E-state index in [1.807, 2.05) is 19.9 Å². The lowest BCUT2D eigenvalue weighted by Crippen LogP contribution is -2.13. The van der Waals surface area contributed by atoms with Crippen LogP contribution in [0.5, 0.6) is 0 Å². The van der Waals surface area contributed by atoms with Gasteiger partial charge in [-0.05, 0) is 31.0 Å². The molecule has 6 heteroatoms. The van der Waals surface area contributed by atoms with Gasteiger partial charge in [0.25, 0.3) is 5.91 Å². The van der Waals surface area contributed by atoms with Gasteiger partial charge in [0.15, 0.2) is 0 Å². The molecule has 0 unspecified atom stereocenters. The van der Waals surface area contributed by atoms with Crippen LogP contribution in [0.4, 0.5) is 5.13 Å². The smallest absolute Gasteiger partial charge is 0.257 e. The number of aromatic nitrogens is 2. The quantitative estimate of drug-likeness (QED) is 0.850. The fourth-order valence-electron chi connectivity index (χ4n) is 1.76. The van der Waals surface area contributed by atoms with Gasteiger partial charge in [-0.2, -0.15) is 0 Å². The van der Waals surface area contributed by atoms with E-state index in [-0.39, 0.29) is 12.5 Å². The second kappa shape index (κ2) is 6.97. The lowest BCUT2D eigenvalue weighted by molar-refractivity contribution is 0.102. The molecule has 0 fully saturated rings. The van der Waals surface area contributed by atoms with Crippen LogP contribution >= 0.6 is 11.3 Å². The number of nitrogens with zero attached hydrogens (tertiary/aromatic N) is 2. The molecule has 1 amide bonds. The standard InChI is InChI=1S/C15H15N3O2S/c1-3-13-17-18-15(21-13)16-14(20)12-8-4-6-11(10(12)2)7-5-9-19/h4,6,8,19H,3,9H2,1-2H3,(H,16,18,20). The fourth-order valence-corrected chi connectivity index (χ4v) is 2.44. The van der Waals surface area contributed by atoms with Crippen molar-refractivity contribution in [3.05, 3.63) is 39.9 Å². The zero-order valence-corrected chi connectivity index (χ0v) is 12.6. The Kier molecular flexibility index (Phi) is 5.04. The molecule has 0 spiro atoms. The Labute approximate surface area is 127 Å². The number of nitrogens with one attached hydrogen (secondary N) is 1. The first-order valence-electron chi connectivity index (χ1n) is 6.48. The van der Waals surface area contributed by atoms with Gasteiger partial charge in [-0.3, -0.25) is 10.1 Å². The van der Waals surface area contributed by atoms with Gasteiger partial charge < -0.3 is 5.11 Å². The molecule has 1 heterocycles. The average Bonchev–Trinajstić information content (AvgIpc) is 2.93. The molecule has 21 heavy (non-hydrogen) atoms. The van der Waals surface area contributed by atoms with Gasteiger partial charge in [-0.1, -0.05) is 36.2 Å². The summed E-state index contributed by atoms with van der Waals surface area (Å²) in [4.78, 5) is 12.3. The highest BCUT2D eigenvalue weighted by molar-refractivity contribution is 7.15. The molecule has 0 aliphatic heterocycles. The summed E-state index contributed by atoms with van der Waals surface area (Å²) in [6.07, 6.45) is 0.790. The number of benzene rings is 1. The Bertz CT molecular complexity index is 713. The van der Waals surface area contributed by atoms with Crippen molar-refractivity contribution < 1.29 is 9.90 Å². The first-order chi connectivity index (χ1) is 10.2. The molecular weight excluding hydrogens is 286 g/mol. The van der Waals surface area contributed by atoms with Crippen molar-refractivity contribution in [3.63, 3.8) is 0 Å². The number of amides is 1. The van der Waals surface area contributed by atoms with Crippen LogP contribution in [0.25, 0.3) is 0 Å². The third-order valence-electron chi connectivity index (χ3n) is 2.87. The number of anilines is 1. The third-order valence-corrected chi connectivity index (χ3v) is 3.85. The number of aliphatic hydroxyl groups excluding tert-OH is 1. The van der Waals surface area contributed by atoms with Crippen LogP contribution in [0.3, 0.4) is 0 Å². The van der Waals surface area contributed by atoms with Gasteiger partial charge in [0.1, 0.15) is 11.6 Å². The maximum atomic E-state index is 12.3. The van der Waals surface area contributed by atoms with Gasteiger partial charge >= 0.3 is 0 Å². The molecule has 0 aliphatic rings. The van der Waals surface area contributed by atoms with E-state index in [2.05, 4.69) is 27.4 Å². The molecule has 1 aromatic carbocycles. The van der Waals surface area contributed by atoms with E-state index >= 15 is 0 Å². The van der Waals surface area contributed by atoms with E-state index in [0.29, 0.717) is 10.7 Å². The van der Waals surface area contributed by atoms with Crippen LogP contribution in [0, 0.1) is 18.8 Å². The summed E-state index contributed by atoms with van der Waals surface area (Å²) in [6, 6.07) is 5.31. The lowest BCUT2D eigenvalue weighted by atomic mass is 10.0. The number of hydrogen-bond donors (Lipinski definition) is 2. The van der Waals surface area contributed by atoms with Gasteiger partial charge in [-0.15, -0.1) is 10.2 Å². The van der Waals surface area contributed by atoms with Gasteiger partial charge in [0.05, 0.1) is 0 Å². The van der Waals surface area contributed by atoms with Gasteiger partial charge in [0, 0.05) is 11.1 Å². The molecule has 2 N–H and O–H groups in total. The minimum absolute atomic E-state index is 0.208. The van der Waals surface area contributed by atoms with E-state index in [9.17, 15) is 4.79 Å². The molecule has 0 saturated heterocycles. The van der Waals surface area contributed by atoms with Crippen molar-refractivity contribution in [2.75, 3.05) is 11.9 Å². The summed E-state index contributed by atoms with van der Waals surface area (Å²) in [5.74, 6) is 5.18. The number of carbonyl (C=O) groups is 1. The van der Waals surface area contributed by atoms with E-state index < -0.39 is 0 Å². The Balaban J connectivity index is 2.23. The minimum atomic E-state index is -0.237. The highest BCUT2D eigenvalue weighted by Gasteiger charge is 2.13. The largest absolute Gasteiger partial charge is 0.384 e.